The Morgan fingerprint density at radius 2 is 2.15 bits per heavy atom. The van der Waals surface area contributed by atoms with Crippen molar-refractivity contribution in [3.8, 4) is 0 Å². The van der Waals surface area contributed by atoms with Crippen LogP contribution in [0.5, 0.6) is 0 Å². The van der Waals surface area contributed by atoms with Crippen LogP contribution in [0.25, 0.3) is 0 Å². The van der Waals surface area contributed by atoms with Crippen LogP contribution in [0.15, 0.2) is 18.3 Å². The highest BCUT2D eigenvalue weighted by Crippen LogP contribution is 2.10. The number of aromatic nitrogens is 1. The largest absolute Gasteiger partial charge is 0.370 e. The van der Waals surface area contributed by atoms with Crippen LogP contribution < -0.4 is 5.32 Å². The number of hydrogen-bond acceptors (Lipinski definition) is 4. The van der Waals surface area contributed by atoms with Gasteiger partial charge in [0.25, 0.3) is 0 Å². The van der Waals surface area contributed by atoms with E-state index in [2.05, 4.69) is 46.2 Å². The number of rotatable bonds is 8. The van der Waals surface area contributed by atoms with E-state index in [1.54, 1.807) is 0 Å². The molecule has 1 aromatic rings. The molecular weight excluding hydrogens is 248 g/mol. The minimum Gasteiger partial charge on any atom is -0.370 e. The molecule has 0 aliphatic carbocycles. The molecule has 0 aromatic carbocycles. The quantitative estimate of drug-likeness (QED) is 0.790. The molecule has 1 fully saturated rings. The minimum absolute atomic E-state index is 0.987. The van der Waals surface area contributed by atoms with Crippen molar-refractivity contribution < 1.29 is 0 Å². The van der Waals surface area contributed by atoms with E-state index in [1.807, 2.05) is 6.20 Å². The maximum absolute atomic E-state index is 4.36. The van der Waals surface area contributed by atoms with Gasteiger partial charge in [-0.3, -0.25) is 0 Å². The second-order valence-electron chi connectivity index (χ2n) is 5.76. The lowest BCUT2D eigenvalue weighted by Gasteiger charge is -2.21. The van der Waals surface area contributed by atoms with Crippen molar-refractivity contribution in [2.24, 2.45) is 0 Å². The average molecular weight is 276 g/mol. The molecule has 0 atom stereocenters. The predicted octanol–water partition coefficient (Wildman–Crippen LogP) is 2.43. The fourth-order valence-corrected chi connectivity index (χ4v) is 2.63. The van der Waals surface area contributed by atoms with Crippen molar-refractivity contribution >= 4 is 5.82 Å². The van der Waals surface area contributed by atoms with Gasteiger partial charge in [-0.25, -0.2) is 4.98 Å². The first kappa shape index (κ1) is 15.3. The van der Waals surface area contributed by atoms with Crippen LogP contribution in [0.1, 0.15) is 31.7 Å². The zero-order valence-electron chi connectivity index (χ0n) is 12.9. The second kappa shape index (κ2) is 8.22. The van der Waals surface area contributed by atoms with Gasteiger partial charge in [0.2, 0.25) is 0 Å². The predicted molar refractivity (Wildman–Crippen MR) is 85.0 cm³/mol. The zero-order valence-corrected chi connectivity index (χ0v) is 12.9. The Kier molecular flexibility index (Phi) is 6.27. The Balaban J connectivity index is 1.76. The summed E-state index contributed by atoms with van der Waals surface area (Å²) in [5.74, 6) is 0.997. The SMILES string of the molecule is CCCNc1cc(CN(C)CCN2CCCC2)ccn1. The molecule has 2 heterocycles. The Bertz CT molecular complexity index is 388. The summed E-state index contributed by atoms with van der Waals surface area (Å²) in [5.41, 5.74) is 1.34. The molecule has 0 amide bonds. The van der Waals surface area contributed by atoms with Crippen LogP contribution in [0.3, 0.4) is 0 Å². The monoisotopic (exact) mass is 276 g/mol. The third-order valence-electron chi connectivity index (χ3n) is 3.83. The summed E-state index contributed by atoms with van der Waals surface area (Å²) in [4.78, 5) is 9.32. The van der Waals surface area contributed by atoms with E-state index in [0.717, 1.165) is 31.9 Å². The third-order valence-corrected chi connectivity index (χ3v) is 3.83. The molecule has 0 radical (unpaired) electrons. The maximum Gasteiger partial charge on any atom is 0.126 e. The van der Waals surface area contributed by atoms with Crippen molar-refractivity contribution in [3.05, 3.63) is 23.9 Å². The molecule has 1 aliphatic rings. The van der Waals surface area contributed by atoms with Crippen LogP contribution in [-0.2, 0) is 6.54 Å². The number of likely N-dealkylation sites (tertiary alicyclic amines) is 1. The third kappa shape index (κ3) is 5.10. The molecular formula is C16H28N4. The molecule has 20 heavy (non-hydrogen) atoms. The molecule has 4 heteroatoms. The van der Waals surface area contributed by atoms with Crippen molar-refractivity contribution in [1.29, 1.82) is 0 Å². The van der Waals surface area contributed by atoms with Gasteiger partial charge in [-0.1, -0.05) is 6.92 Å². The Morgan fingerprint density at radius 1 is 1.35 bits per heavy atom. The number of likely N-dealkylation sites (N-methyl/N-ethyl adjacent to an activating group) is 1. The van der Waals surface area contributed by atoms with Crippen LogP contribution in [0, 0.1) is 0 Å². The summed E-state index contributed by atoms with van der Waals surface area (Å²) in [7, 11) is 2.20. The summed E-state index contributed by atoms with van der Waals surface area (Å²) in [5, 5.41) is 3.35. The summed E-state index contributed by atoms with van der Waals surface area (Å²) in [6.45, 7) is 9.06. The highest BCUT2D eigenvalue weighted by molar-refractivity contribution is 5.37. The maximum atomic E-state index is 4.36. The molecule has 112 valence electrons. The lowest BCUT2D eigenvalue weighted by molar-refractivity contribution is 0.252. The van der Waals surface area contributed by atoms with Crippen molar-refractivity contribution in [3.63, 3.8) is 0 Å². The van der Waals surface area contributed by atoms with E-state index in [4.69, 9.17) is 0 Å². The number of nitrogens with one attached hydrogen (secondary N) is 1. The van der Waals surface area contributed by atoms with E-state index in [-0.39, 0.29) is 0 Å². The molecule has 0 unspecified atom stereocenters. The smallest absolute Gasteiger partial charge is 0.126 e. The van der Waals surface area contributed by atoms with Gasteiger partial charge >= 0.3 is 0 Å². The van der Waals surface area contributed by atoms with Crippen LogP contribution >= 0.6 is 0 Å². The van der Waals surface area contributed by atoms with Crippen LogP contribution in [-0.4, -0.2) is 54.6 Å². The topological polar surface area (TPSA) is 31.4 Å². The molecule has 4 nitrogen and oxygen atoms in total. The summed E-state index contributed by atoms with van der Waals surface area (Å²) in [6, 6.07) is 4.28. The van der Waals surface area contributed by atoms with E-state index in [9.17, 15) is 0 Å². The molecule has 0 spiro atoms. The van der Waals surface area contributed by atoms with Gasteiger partial charge in [0, 0.05) is 32.4 Å². The highest BCUT2D eigenvalue weighted by Gasteiger charge is 2.11. The number of hydrogen-bond donors (Lipinski definition) is 1. The lowest BCUT2D eigenvalue weighted by atomic mass is 10.2. The molecule has 0 bridgehead atoms. The number of nitrogens with zero attached hydrogens (tertiary/aromatic N) is 3. The first-order chi connectivity index (χ1) is 9.78. The van der Waals surface area contributed by atoms with Crippen LogP contribution in [0.4, 0.5) is 5.82 Å². The van der Waals surface area contributed by atoms with Gasteiger partial charge in [-0.15, -0.1) is 0 Å². The normalized spacial score (nSPS) is 15.9. The molecule has 2 rings (SSSR count). The van der Waals surface area contributed by atoms with E-state index in [0.29, 0.717) is 0 Å². The Morgan fingerprint density at radius 3 is 2.90 bits per heavy atom. The summed E-state index contributed by atoms with van der Waals surface area (Å²) >= 11 is 0. The van der Waals surface area contributed by atoms with E-state index < -0.39 is 0 Å². The molecule has 0 saturated carbocycles. The van der Waals surface area contributed by atoms with Gasteiger partial charge in [0.1, 0.15) is 5.82 Å². The van der Waals surface area contributed by atoms with Gasteiger partial charge < -0.3 is 15.1 Å². The van der Waals surface area contributed by atoms with Crippen molar-refractivity contribution in [2.75, 3.05) is 45.1 Å². The van der Waals surface area contributed by atoms with Crippen LogP contribution in [0.2, 0.25) is 0 Å². The van der Waals surface area contributed by atoms with Gasteiger partial charge in [-0.05, 0) is 57.1 Å². The van der Waals surface area contributed by atoms with Gasteiger partial charge in [0.15, 0.2) is 0 Å². The molecule has 1 aromatic heterocycles. The Labute approximate surface area is 123 Å². The van der Waals surface area contributed by atoms with E-state index >= 15 is 0 Å². The highest BCUT2D eigenvalue weighted by atomic mass is 15.2. The summed E-state index contributed by atoms with van der Waals surface area (Å²) in [6.07, 6.45) is 5.78. The Hall–Kier alpha value is -1.13. The fourth-order valence-electron chi connectivity index (χ4n) is 2.63. The molecule has 1 N–H and O–H groups in total. The first-order valence-electron chi connectivity index (χ1n) is 7.87. The van der Waals surface area contributed by atoms with Crippen molar-refractivity contribution in [1.82, 2.24) is 14.8 Å². The van der Waals surface area contributed by atoms with E-state index in [1.165, 1.54) is 38.0 Å². The molecule has 1 saturated heterocycles. The lowest BCUT2D eigenvalue weighted by Crippen LogP contribution is -2.31. The van der Waals surface area contributed by atoms with Gasteiger partial charge in [0.05, 0.1) is 0 Å². The standard InChI is InChI=1S/C16H28N4/c1-3-7-17-16-13-15(6-8-18-16)14-19(2)11-12-20-9-4-5-10-20/h6,8,13H,3-5,7,9-12,14H2,1-2H3,(H,17,18). The van der Waals surface area contributed by atoms with Crippen molar-refractivity contribution in [2.45, 2.75) is 32.7 Å². The number of pyridine rings is 1. The van der Waals surface area contributed by atoms with Gasteiger partial charge in [-0.2, -0.15) is 0 Å². The average Bonchev–Trinajstić information content (AvgIpc) is 2.97. The summed E-state index contributed by atoms with van der Waals surface area (Å²) < 4.78 is 0. The fraction of sp³-hybridized carbons (Fsp3) is 0.688. The zero-order chi connectivity index (χ0) is 14.2. The minimum atomic E-state index is 0.987. The second-order valence-corrected chi connectivity index (χ2v) is 5.76. The first-order valence-corrected chi connectivity index (χ1v) is 7.87. The molecule has 1 aliphatic heterocycles. The number of anilines is 1.